The van der Waals surface area contributed by atoms with Crippen molar-refractivity contribution >= 4 is 35.0 Å². The van der Waals surface area contributed by atoms with E-state index in [1.807, 2.05) is 30.3 Å². The van der Waals surface area contributed by atoms with Crippen LogP contribution >= 0.6 is 35.0 Å². The Kier molecular flexibility index (Phi) is 5.61. The van der Waals surface area contributed by atoms with Crippen molar-refractivity contribution < 1.29 is 0 Å². The summed E-state index contributed by atoms with van der Waals surface area (Å²) >= 11 is 14.0. The van der Waals surface area contributed by atoms with Crippen molar-refractivity contribution in [2.24, 2.45) is 0 Å². The summed E-state index contributed by atoms with van der Waals surface area (Å²) in [4.78, 5) is 2.13. The molecule has 0 unspecified atom stereocenters. The molecule has 0 spiro atoms. The van der Waals surface area contributed by atoms with Crippen molar-refractivity contribution in [3.05, 3.63) is 58.1 Å². The SMILES string of the molecule is CC(C)(C)NCc1ccc(Sc2cccc(Cl)c2)c(Cl)c1. The second kappa shape index (κ2) is 7.06. The summed E-state index contributed by atoms with van der Waals surface area (Å²) in [6, 6.07) is 14.0. The van der Waals surface area contributed by atoms with Gasteiger partial charge in [-0.2, -0.15) is 0 Å². The second-order valence-electron chi connectivity index (χ2n) is 5.93. The van der Waals surface area contributed by atoms with Gasteiger partial charge in [0.05, 0.1) is 5.02 Å². The lowest BCUT2D eigenvalue weighted by molar-refractivity contribution is 0.424. The first kappa shape index (κ1) is 16.7. The maximum absolute atomic E-state index is 6.39. The third-order valence-corrected chi connectivity index (χ3v) is 4.57. The third kappa shape index (κ3) is 5.55. The van der Waals surface area contributed by atoms with Crippen molar-refractivity contribution in [2.75, 3.05) is 0 Å². The fraction of sp³-hybridized carbons (Fsp3) is 0.294. The van der Waals surface area contributed by atoms with Crippen molar-refractivity contribution in [1.29, 1.82) is 0 Å². The van der Waals surface area contributed by atoms with E-state index in [0.29, 0.717) is 0 Å². The van der Waals surface area contributed by atoms with E-state index in [4.69, 9.17) is 23.2 Å². The molecule has 1 N–H and O–H groups in total. The summed E-state index contributed by atoms with van der Waals surface area (Å²) in [6.45, 7) is 7.26. The van der Waals surface area contributed by atoms with E-state index in [1.165, 1.54) is 5.56 Å². The highest BCUT2D eigenvalue weighted by molar-refractivity contribution is 7.99. The molecule has 21 heavy (non-hydrogen) atoms. The van der Waals surface area contributed by atoms with Gasteiger partial charge in [0.25, 0.3) is 0 Å². The highest BCUT2D eigenvalue weighted by Gasteiger charge is 2.10. The number of nitrogens with one attached hydrogen (secondary N) is 1. The van der Waals surface area contributed by atoms with Gasteiger partial charge in [0.2, 0.25) is 0 Å². The van der Waals surface area contributed by atoms with E-state index < -0.39 is 0 Å². The van der Waals surface area contributed by atoms with Crippen LogP contribution in [0.15, 0.2) is 52.3 Å². The minimum Gasteiger partial charge on any atom is -0.308 e. The smallest absolute Gasteiger partial charge is 0.0548 e. The van der Waals surface area contributed by atoms with Crippen LogP contribution < -0.4 is 5.32 Å². The Balaban J connectivity index is 2.09. The molecule has 0 aromatic heterocycles. The summed E-state index contributed by atoms with van der Waals surface area (Å²) in [7, 11) is 0. The molecule has 2 aromatic carbocycles. The summed E-state index contributed by atoms with van der Waals surface area (Å²) < 4.78 is 0. The number of benzene rings is 2. The van der Waals surface area contributed by atoms with Gasteiger partial charge >= 0.3 is 0 Å². The molecular formula is C17H19Cl2NS. The quantitative estimate of drug-likeness (QED) is 0.729. The fourth-order valence-corrected chi connectivity index (χ4v) is 3.21. The molecular weight excluding hydrogens is 321 g/mol. The maximum Gasteiger partial charge on any atom is 0.0548 e. The van der Waals surface area contributed by atoms with E-state index in [-0.39, 0.29) is 5.54 Å². The van der Waals surface area contributed by atoms with Crippen molar-refractivity contribution in [1.82, 2.24) is 5.32 Å². The van der Waals surface area contributed by atoms with Crippen LogP contribution in [0.4, 0.5) is 0 Å². The number of halogens is 2. The molecule has 0 aliphatic carbocycles. The van der Waals surface area contributed by atoms with Crippen LogP contribution in [0.3, 0.4) is 0 Å². The first-order valence-electron chi connectivity index (χ1n) is 6.80. The average molecular weight is 340 g/mol. The number of hydrogen-bond acceptors (Lipinski definition) is 2. The molecule has 0 fully saturated rings. The molecule has 0 saturated heterocycles. The van der Waals surface area contributed by atoms with Gasteiger partial charge in [0.1, 0.15) is 0 Å². The molecule has 0 bridgehead atoms. The maximum atomic E-state index is 6.39. The Bertz CT molecular complexity index is 620. The molecule has 4 heteroatoms. The van der Waals surface area contributed by atoms with E-state index in [0.717, 1.165) is 26.4 Å². The molecule has 112 valence electrons. The van der Waals surface area contributed by atoms with Gasteiger partial charge in [0.15, 0.2) is 0 Å². The van der Waals surface area contributed by atoms with Crippen LogP contribution in [0.5, 0.6) is 0 Å². The Morgan fingerprint density at radius 2 is 1.81 bits per heavy atom. The van der Waals surface area contributed by atoms with E-state index in [9.17, 15) is 0 Å². The molecule has 0 radical (unpaired) electrons. The van der Waals surface area contributed by atoms with Crippen LogP contribution in [-0.4, -0.2) is 5.54 Å². The van der Waals surface area contributed by atoms with E-state index in [2.05, 4.69) is 38.2 Å². The molecule has 0 heterocycles. The minimum atomic E-state index is 0.0979. The first-order chi connectivity index (χ1) is 9.83. The monoisotopic (exact) mass is 339 g/mol. The van der Waals surface area contributed by atoms with Gasteiger partial charge in [-0.15, -0.1) is 0 Å². The summed E-state index contributed by atoms with van der Waals surface area (Å²) in [5, 5.41) is 4.97. The standard InChI is InChI=1S/C17H19Cl2NS/c1-17(2,3)20-11-12-7-8-16(15(19)9-12)21-14-6-4-5-13(18)10-14/h4-10,20H,11H2,1-3H3. The Labute approximate surface area is 141 Å². The molecule has 0 aliphatic rings. The van der Waals surface area contributed by atoms with Crippen molar-refractivity contribution in [3.8, 4) is 0 Å². The van der Waals surface area contributed by atoms with Gasteiger partial charge < -0.3 is 5.32 Å². The molecule has 1 nitrogen and oxygen atoms in total. The minimum absolute atomic E-state index is 0.0979. The molecule has 0 aliphatic heterocycles. The predicted octanol–water partition coefficient (Wildman–Crippen LogP) is 6.03. The Morgan fingerprint density at radius 1 is 1.05 bits per heavy atom. The van der Waals surface area contributed by atoms with Crippen LogP contribution in [0, 0.1) is 0 Å². The van der Waals surface area contributed by atoms with Crippen LogP contribution in [0.1, 0.15) is 26.3 Å². The molecule has 2 rings (SSSR count). The molecule has 0 saturated carbocycles. The third-order valence-electron chi connectivity index (χ3n) is 2.84. The lowest BCUT2D eigenvalue weighted by atomic mass is 10.1. The number of hydrogen-bond donors (Lipinski definition) is 1. The summed E-state index contributed by atoms with van der Waals surface area (Å²) in [5.74, 6) is 0. The lowest BCUT2D eigenvalue weighted by Crippen LogP contribution is -2.35. The van der Waals surface area contributed by atoms with Gasteiger partial charge in [-0.25, -0.2) is 0 Å². The normalized spacial score (nSPS) is 11.7. The van der Waals surface area contributed by atoms with Gasteiger partial charge in [-0.3, -0.25) is 0 Å². The van der Waals surface area contributed by atoms with Crippen LogP contribution in [-0.2, 0) is 6.54 Å². The van der Waals surface area contributed by atoms with Gasteiger partial charge in [-0.05, 0) is 56.7 Å². The van der Waals surface area contributed by atoms with Gasteiger partial charge in [-0.1, -0.05) is 47.1 Å². The average Bonchev–Trinajstić information content (AvgIpc) is 2.38. The summed E-state index contributed by atoms with van der Waals surface area (Å²) in [6.07, 6.45) is 0. The zero-order valence-electron chi connectivity index (χ0n) is 12.4. The summed E-state index contributed by atoms with van der Waals surface area (Å²) in [5.41, 5.74) is 1.28. The molecule has 2 aromatic rings. The second-order valence-corrected chi connectivity index (χ2v) is 7.89. The van der Waals surface area contributed by atoms with E-state index >= 15 is 0 Å². The predicted molar refractivity (Wildman–Crippen MR) is 93.6 cm³/mol. The Morgan fingerprint density at radius 3 is 2.43 bits per heavy atom. The van der Waals surface area contributed by atoms with Crippen LogP contribution in [0.2, 0.25) is 10.0 Å². The van der Waals surface area contributed by atoms with E-state index in [1.54, 1.807) is 11.8 Å². The first-order valence-corrected chi connectivity index (χ1v) is 8.38. The lowest BCUT2D eigenvalue weighted by Gasteiger charge is -2.20. The van der Waals surface area contributed by atoms with Crippen molar-refractivity contribution in [2.45, 2.75) is 42.6 Å². The highest BCUT2D eigenvalue weighted by Crippen LogP contribution is 2.34. The topological polar surface area (TPSA) is 12.0 Å². The number of rotatable bonds is 4. The molecule has 0 amide bonds. The highest BCUT2D eigenvalue weighted by atomic mass is 35.5. The molecule has 0 atom stereocenters. The zero-order chi connectivity index (χ0) is 15.5. The largest absolute Gasteiger partial charge is 0.308 e. The van der Waals surface area contributed by atoms with Crippen LogP contribution in [0.25, 0.3) is 0 Å². The Hall–Kier alpha value is -0.670. The fourth-order valence-electron chi connectivity index (χ4n) is 1.76. The van der Waals surface area contributed by atoms with Crippen molar-refractivity contribution in [3.63, 3.8) is 0 Å². The van der Waals surface area contributed by atoms with Gasteiger partial charge in [0, 0.05) is 26.9 Å². The zero-order valence-corrected chi connectivity index (χ0v) is 14.7.